The van der Waals surface area contributed by atoms with Crippen LogP contribution in [0.25, 0.3) is 0 Å². The largest absolute Gasteiger partial charge is 0.366 e. The molecular formula is C15H23NO2. The van der Waals surface area contributed by atoms with Crippen LogP contribution in [-0.2, 0) is 16.0 Å². The molecular weight excluding hydrogens is 226 g/mol. The first-order chi connectivity index (χ1) is 8.38. The number of ether oxygens (including phenoxy) is 1. The molecule has 1 amide bonds. The van der Waals surface area contributed by atoms with Crippen LogP contribution >= 0.6 is 0 Å². The van der Waals surface area contributed by atoms with Crippen LogP contribution in [-0.4, -0.2) is 36.6 Å². The number of rotatable bonds is 5. The third-order valence-electron chi connectivity index (χ3n) is 2.63. The van der Waals surface area contributed by atoms with Crippen LogP contribution in [0.5, 0.6) is 0 Å². The molecule has 0 aliphatic carbocycles. The van der Waals surface area contributed by atoms with Gasteiger partial charge in [0.05, 0.1) is 5.60 Å². The second-order valence-electron chi connectivity index (χ2n) is 5.45. The summed E-state index contributed by atoms with van der Waals surface area (Å²) in [5.41, 5.74) is 0.976. The Hall–Kier alpha value is -1.35. The summed E-state index contributed by atoms with van der Waals surface area (Å²) in [5, 5.41) is 0. The van der Waals surface area contributed by atoms with Crippen molar-refractivity contribution in [2.75, 3.05) is 20.2 Å². The zero-order chi connectivity index (χ0) is 13.6. The SMILES string of the molecule is CN(CCc1ccccc1)C(=O)COC(C)(C)C. The molecule has 1 rings (SSSR count). The van der Waals surface area contributed by atoms with Gasteiger partial charge in [0.2, 0.25) is 5.91 Å². The van der Waals surface area contributed by atoms with E-state index in [4.69, 9.17) is 4.74 Å². The summed E-state index contributed by atoms with van der Waals surface area (Å²) in [6, 6.07) is 10.2. The Kier molecular flexibility index (Phi) is 5.35. The molecule has 0 saturated heterocycles. The van der Waals surface area contributed by atoms with Crippen molar-refractivity contribution in [3.05, 3.63) is 35.9 Å². The normalized spacial score (nSPS) is 11.3. The van der Waals surface area contributed by atoms with Crippen LogP contribution in [0.1, 0.15) is 26.3 Å². The minimum atomic E-state index is -0.268. The average molecular weight is 249 g/mol. The lowest BCUT2D eigenvalue weighted by Gasteiger charge is -2.22. The van der Waals surface area contributed by atoms with E-state index in [2.05, 4.69) is 12.1 Å². The van der Waals surface area contributed by atoms with Gasteiger partial charge in [-0.25, -0.2) is 0 Å². The summed E-state index contributed by atoms with van der Waals surface area (Å²) >= 11 is 0. The molecule has 0 aromatic heterocycles. The van der Waals surface area contributed by atoms with E-state index in [9.17, 15) is 4.79 Å². The molecule has 0 fully saturated rings. The van der Waals surface area contributed by atoms with E-state index in [1.165, 1.54) is 5.56 Å². The summed E-state index contributed by atoms with van der Waals surface area (Å²) < 4.78 is 5.47. The van der Waals surface area contributed by atoms with Gasteiger partial charge in [-0.15, -0.1) is 0 Å². The number of carbonyl (C=O) groups excluding carboxylic acids is 1. The fourth-order valence-corrected chi connectivity index (χ4v) is 1.45. The Bertz CT molecular complexity index is 368. The van der Waals surface area contributed by atoms with Crippen molar-refractivity contribution in [1.82, 2.24) is 4.90 Å². The third-order valence-corrected chi connectivity index (χ3v) is 2.63. The minimum absolute atomic E-state index is 0.0286. The van der Waals surface area contributed by atoms with E-state index >= 15 is 0 Å². The molecule has 3 heteroatoms. The highest BCUT2D eigenvalue weighted by Gasteiger charge is 2.15. The fraction of sp³-hybridized carbons (Fsp3) is 0.533. The van der Waals surface area contributed by atoms with Crippen LogP contribution in [0.2, 0.25) is 0 Å². The second kappa shape index (κ2) is 6.55. The minimum Gasteiger partial charge on any atom is -0.366 e. The summed E-state index contributed by atoms with van der Waals surface area (Å²) in [5.74, 6) is 0.0286. The number of hydrogen-bond donors (Lipinski definition) is 0. The molecule has 1 aromatic carbocycles. The molecule has 0 bridgehead atoms. The highest BCUT2D eigenvalue weighted by atomic mass is 16.5. The lowest BCUT2D eigenvalue weighted by atomic mass is 10.1. The van der Waals surface area contributed by atoms with Gasteiger partial charge in [0.25, 0.3) is 0 Å². The summed E-state index contributed by atoms with van der Waals surface area (Å²) in [7, 11) is 1.82. The molecule has 1 aromatic rings. The van der Waals surface area contributed by atoms with Gasteiger partial charge in [0.15, 0.2) is 0 Å². The molecule has 0 radical (unpaired) electrons. The van der Waals surface area contributed by atoms with E-state index < -0.39 is 0 Å². The summed E-state index contributed by atoms with van der Waals surface area (Å²) in [4.78, 5) is 13.5. The van der Waals surface area contributed by atoms with E-state index in [1.807, 2.05) is 46.0 Å². The zero-order valence-corrected chi connectivity index (χ0v) is 11.8. The molecule has 0 atom stereocenters. The molecule has 0 spiro atoms. The zero-order valence-electron chi connectivity index (χ0n) is 11.8. The van der Waals surface area contributed by atoms with Gasteiger partial charge in [-0.1, -0.05) is 30.3 Å². The van der Waals surface area contributed by atoms with Crippen molar-refractivity contribution < 1.29 is 9.53 Å². The third kappa shape index (κ3) is 5.82. The Morgan fingerprint density at radius 3 is 2.39 bits per heavy atom. The first kappa shape index (κ1) is 14.7. The average Bonchev–Trinajstić information content (AvgIpc) is 2.33. The van der Waals surface area contributed by atoms with Crippen molar-refractivity contribution in [3.63, 3.8) is 0 Å². The smallest absolute Gasteiger partial charge is 0.248 e. The number of amides is 1. The van der Waals surface area contributed by atoms with Gasteiger partial charge in [-0.05, 0) is 32.8 Å². The highest BCUT2D eigenvalue weighted by molar-refractivity contribution is 5.77. The quantitative estimate of drug-likeness (QED) is 0.802. The predicted molar refractivity (Wildman–Crippen MR) is 73.5 cm³/mol. The lowest BCUT2D eigenvalue weighted by Crippen LogP contribution is -2.35. The van der Waals surface area contributed by atoms with E-state index in [-0.39, 0.29) is 18.1 Å². The van der Waals surface area contributed by atoms with Crippen LogP contribution in [0, 0.1) is 0 Å². The van der Waals surface area contributed by atoms with Gasteiger partial charge in [-0.3, -0.25) is 4.79 Å². The predicted octanol–water partition coefficient (Wildman–Crippen LogP) is 2.50. The van der Waals surface area contributed by atoms with Gasteiger partial charge in [0, 0.05) is 13.6 Å². The van der Waals surface area contributed by atoms with Gasteiger partial charge < -0.3 is 9.64 Å². The van der Waals surface area contributed by atoms with Gasteiger partial charge in [0.1, 0.15) is 6.61 Å². The number of likely N-dealkylation sites (N-methyl/N-ethyl adjacent to an activating group) is 1. The maximum absolute atomic E-state index is 11.8. The molecule has 0 N–H and O–H groups in total. The maximum Gasteiger partial charge on any atom is 0.248 e. The molecule has 0 heterocycles. The lowest BCUT2D eigenvalue weighted by molar-refractivity contribution is -0.139. The topological polar surface area (TPSA) is 29.5 Å². The van der Waals surface area contributed by atoms with Crippen LogP contribution < -0.4 is 0 Å². The number of carbonyl (C=O) groups is 1. The summed E-state index contributed by atoms with van der Waals surface area (Å²) in [6.07, 6.45) is 0.874. The van der Waals surface area contributed by atoms with Gasteiger partial charge >= 0.3 is 0 Å². The van der Waals surface area contributed by atoms with E-state index in [1.54, 1.807) is 4.90 Å². The van der Waals surface area contributed by atoms with Crippen molar-refractivity contribution in [1.29, 1.82) is 0 Å². The fourth-order valence-electron chi connectivity index (χ4n) is 1.45. The molecule has 18 heavy (non-hydrogen) atoms. The van der Waals surface area contributed by atoms with E-state index in [0.717, 1.165) is 13.0 Å². The van der Waals surface area contributed by atoms with Crippen molar-refractivity contribution in [2.45, 2.75) is 32.8 Å². The molecule has 0 saturated carbocycles. The molecule has 100 valence electrons. The van der Waals surface area contributed by atoms with Crippen LogP contribution in [0.15, 0.2) is 30.3 Å². The Morgan fingerprint density at radius 2 is 1.83 bits per heavy atom. The highest BCUT2D eigenvalue weighted by Crippen LogP contribution is 2.07. The number of hydrogen-bond acceptors (Lipinski definition) is 2. The monoisotopic (exact) mass is 249 g/mol. The molecule has 0 aliphatic heterocycles. The van der Waals surface area contributed by atoms with E-state index in [0.29, 0.717) is 0 Å². The first-order valence-corrected chi connectivity index (χ1v) is 6.30. The summed E-state index contributed by atoms with van der Waals surface area (Å²) in [6.45, 7) is 6.71. The molecule has 3 nitrogen and oxygen atoms in total. The van der Waals surface area contributed by atoms with Crippen molar-refractivity contribution in [2.24, 2.45) is 0 Å². The van der Waals surface area contributed by atoms with Gasteiger partial charge in [-0.2, -0.15) is 0 Å². The first-order valence-electron chi connectivity index (χ1n) is 6.30. The van der Waals surface area contributed by atoms with Crippen molar-refractivity contribution >= 4 is 5.91 Å². The van der Waals surface area contributed by atoms with Crippen LogP contribution in [0.4, 0.5) is 0 Å². The number of nitrogens with zero attached hydrogens (tertiary/aromatic N) is 1. The Labute approximate surface area is 110 Å². The Balaban J connectivity index is 2.32. The Morgan fingerprint density at radius 1 is 1.22 bits per heavy atom. The number of benzene rings is 1. The second-order valence-corrected chi connectivity index (χ2v) is 5.45. The molecule has 0 aliphatic rings. The molecule has 0 unspecified atom stereocenters. The maximum atomic E-state index is 11.8. The van der Waals surface area contributed by atoms with Crippen molar-refractivity contribution in [3.8, 4) is 0 Å². The van der Waals surface area contributed by atoms with Crippen LogP contribution in [0.3, 0.4) is 0 Å². The standard InChI is InChI=1S/C15H23NO2/c1-15(2,3)18-12-14(17)16(4)11-10-13-8-6-5-7-9-13/h5-9H,10-12H2,1-4H3.